The molecule has 37 heavy (non-hydrogen) atoms. The second kappa shape index (κ2) is 15.0. The predicted molar refractivity (Wildman–Crippen MR) is 149 cm³/mol. The van der Waals surface area contributed by atoms with Crippen LogP contribution in [0.1, 0.15) is 71.1 Å². The molecule has 0 amide bonds. The minimum atomic E-state index is -4.57. The summed E-state index contributed by atoms with van der Waals surface area (Å²) in [7, 11) is 0. The van der Waals surface area contributed by atoms with Crippen molar-refractivity contribution in [1.82, 2.24) is 4.90 Å². The standard InChI is InChI=1S/C27H37F4N3OS2/c1-2-11-20-12-8-6-4-3-5-7-9-13-21(18-20)33-26-34(16-17-37-26)25(36)32-22-14-10-15-23(19-22)35-27(30,31)24(28)29/h6,8,10,14-15,19-21,24H,2-5,7,9,11-13,16-18H2,1H3,(H,32,36)/b8-6+,33-26?. The maximum atomic E-state index is 13.3. The van der Waals surface area contributed by atoms with Gasteiger partial charge in [0.1, 0.15) is 5.75 Å². The Morgan fingerprint density at radius 2 is 2.05 bits per heavy atom. The van der Waals surface area contributed by atoms with Crippen LogP contribution in [0, 0.1) is 5.92 Å². The minimum Gasteiger partial charge on any atom is -0.428 e. The Hall–Kier alpha value is -1.81. The predicted octanol–water partition coefficient (Wildman–Crippen LogP) is 8.50. The number of thioether (sulfide) groups is 1. The number of hydrogen-bond acceptors (Lipinski definition) is 4. The Labute approximate surface area is 227 Å². The van der Waals surface area contributed by atoms with Crippen molar-refractivity contribution in [3.8, 4) is 5.75 Å². The first-order chi connectivity index (χ1) is 17.8. The fourth-order valence-electron chi connectivity index (χ4n) is 4.65. The van der Waals surface area contributed by atoms with E-state index in [-0.39, 0.29) is 11.8 Å². The molecule has 2 unspecified atom stereocenters. The van der Waals surface area contributed by atoms with E-state index >= 15 is 0 Å². The number of amidine groups is 1. The highest BCUT2D eigenvalue weighted by Crippen LogP contribution is 2.30. The molecule has 4 nitrogen and oxygen atoms in total. The molecule has 1 fully saturated rings. The van der Waals surface area contributed by atoms with Crippen molar-refractivity contribution in [3.63, 3.8) is 0 Å². The molecule has 0 radical (unpaired) electrons. The molecule has 0 bridgehead atoms. The Kier molecular flexibility index (Phi) is 12.0. The van der Waals surface area contributed by atoms with Crippen LogP contribution >= 0.6 is 24.0 Å². The highest BCUT2D eigenvalue weighted by atomic mass is 32.2. The topological polar surface area (TPSA) is 36.9 Å². The van der Waals surface area contributed by atoms with Gasteiger partial charge >= 0.3 is 12.5 Å². The number of halogens is 4. The first kappa shape index (κ1) is 29.7. The van der Waals surface area contributed by atoms with E-state index in [1.54, 1.807) is 17.8 Å². The molecule has 1 aliphatic carbocycles. The Morgan fingerprint density at radius 3 is 2.84 bits per heavy atom. The van der Waals surface area contributed by atoms with E-state index in [0.717, 1.165) is 43.0 Å². The molecule has 2 atom stereocenters. The molecular formula is C27H37F4N3OS2. The lowest BCUT2D eigenvalue weighted by Crippen LogP contribution is -2.36. The summed E-state index contributed by atoms with van der Waals surface area (Å²) in [5.74, 6) is 1.08. The fraction of sp³-hybridized carbons (Fsp3) is 0.630. The second-order valence-electron chi connectivity index (χ2n) is 9.58. The molecule has 206 valence electrons. The van der Waals surface area contributed by atoms with Crippen molar-refractivity contribution in [2.24, 2.45) is 10.9 Å². The highest BCUT2D eigenvalue weighted by molar-refractivity contribution is 8.14. The van der Waals surface area contributed by atoms with E-state index in [0.29, 0.717) is 23.3 Å². The first-order valence-electron chi connectivity index (χ1n) is 13.2. The zero-order valence-corrected chi connectivity index (χ0v) is 22.9. The van der Waals surface area contributed by atoms with Crippen LogP contribution in [-0.2, 0) is 0 Å². The number of anilines is 1. The van der Waals surface area contributed by atoms with Crippen molar-refractivity contribution < 1.29 is 22.3 Å². The third-order valence-corrected chi connectivity index (χ3v) is 7.80. The van der Waals surface area contributed by atoms with Gasteiger partial charge in [-0.1, -0.05) is 69.0 Å². The summed E-state index contributed by atoms with van der Waals surface area (Å²) in [6, 6.07) is 5.73. The number of allylic oxidation sites excluding steroid dienone is 2. The molecule has 1 aromatic carbocycles. The maximum Gasteiger partial charge on any atom is 0.461 e. The van der Waals surface area contributed by atoms with Gasteiger partial charge < -0.3 is 10.1 Å². The summed E-state index contributed by atoms with van der Waals surface area (Å²) < 4.78 is 55.9. The van der Waals surface area contributed by atoms with Gasteiger partial charge in [-0.2, -0.15) is 17.6 Å². The quantitative estimate of drug-likeness (QED) is 0.206. The van der Waals surface area contributed by atoms with E-state index in [2.05, 4.69) is 29.1 Å². The molecule has 10 heteroatoms. The summed E-state index contributed by atoms with van der Waals surface area (Å²) >= 11 is 7.29. The summed E-state index contributed by atoms with van der Waals surface area (Å²) in [4.78, 5) is 7.11. The Balaban J connectivity index is 1.70. The summed E-state index contributed by atoms with van der Waals surface area (Å²) in [6.07, 6.45) is 7.76. The lowest BCUT2D eigenvalue weighted by molar-refractivity contribution is -0.253. The van der Waals surface area contributed by atoms with Crippen molar-refractivity contribution in [3.05, 3.63) is 36.4 Å². The van der Waals surface area contributed by atoms with E-state index < -0.39 is 12.5 Å². The molecule has 1 heterocycles. The normalized spacial score (nSPS) is 23.9. The second-order valence-corrected chi connectivity index (χ2v) is 11.0. The van der Waals surface area contributed by atoms with Crippen molar-refractivity contribution >= 4 is 39.9 Å². The van der Waals surface area contributed by atoms with Crippen LogP contribution in [0.2, 0.25) is 0 Å². The van der Waals surface area contributed by atoms with Gasteiger partial charge in [0, 0.05) is 24.1 Å². The third kappa shape index (κ3) is 9.78. The van der Waals surface area contributed by atoms with Crippen molar-refractivity contribution in [2.75, 3.05) is 17.6 Å². The molecule has 3 rings (SSSR count). The molecule has 1 N–H and O–H groups in total. The van der Waals surface area contributed by atoms with Crippen LogP contribution in [0.25, 0.3) is 0 Å². The SMILES string of the molecule is CCCC1C/C=C/CCCCCCC(N=C2SCCN2C(=S)Nc2cccc(OC(F)(F)C(F)F)c2)C1. The first-order valence-corrected chi connectivity index (χ1v) is 14.6. The average Bonchev–Trinajstić information content (AvgIpc) is 3.30. The number of benzene rings is 1. The number of hydrogen-bond donors (Lipinski definition) is 1. The number of rotatable bonds is 7. The van der Waals surface area contributed by atoms with Gasteiger partial charge in [0.05, 0.1) is 6.04 Å². The van der Waals surface area contributed by atoms with Crippen LogP contribution in [0.4, 0.5) is 23.2 Å². The molecule has 1 aromatic rings. The number of nitrogens with zero attached hydrogens (tertiary/aromatic N) is 2. The minimum absolute atomic E-state index is 0.226. The summed E-state index contributed by atoms with van der Waals surface area (Å²) in [5.41, 5.74) is 0.379. The molecule has 0 saturated carbocycles. The van der Waals surface area contributed by atoms with E-state index in [4.69, 9.17) is 17.2 Å². The van der Waals surface area contributed by atoms with Crippen LogP contribution in [0.5, 0.6) is 5.75 Å². The van der Waals surface area contributed by atoms with Crippen LogP contribution in [0.15, 0.2) is 41.4 Å². The largest absolute Gasteiger partial charge is 0.461 e. The molecule has 1 aliphatic heterocycles. The Morgan fingerprint density at radius 1 is 1.24 bits per heavy atom. The van der Waals surface area contributed by atoms with Crippen LogP contribution in [-0.4, -0.2) is 46.1 Å². The molecular weight excluding hydrogens is 522 g/mol. The number of thiocarbonyl (C=S) groups is 1. The zero-order chi connectivity index (χ0) is 26.7. The average molecular weight is 560 g/mol. The summed E-state index contributed by atoms with van der Waals surface area (Å²) in [5, 5.41) is 4.30. The van der Waals surface area contributed by atoms with Crippen molar-refractivity contribution in [2.45, 2.75) is 89.7 Å². The van der Waals surface area contributed by atoms with Crippen molar-refractivity contribution in [1.29, 1.82) is 0 Å². The smallest absolute Gasteiger partial charge is 0.428 e. The molecule has 2 aliphatic rings. The monoisotopic (exact) mass is 559 g/mol. The van der Waals surface area contributed by atoms with Gasteiger partial charge in [0.15, 0.2) is 10.3 Å². The molecule has 0 aromatic heterocycles. The van der Waals surface area contributed by atoms with E-state index in [1.807, 2.05) is 4.90 Å². The number of ether oxygens (including phenoxy) is 1. The van der Waals surface area contributed by atoms with Crippen LogP contribution < -0.4 is 10.1 Å². The number of alkyl halides is 4. The number of aliphatic imine (C=N–C) groups is 1. The van der Waals surface area contributed by atoms with Gasteiger partial charge in [0.25, 0.3) is 0 Å². The van der Waals surface area contributed by atoms with E-state index in [1.165, 1.54) is 50.3 Å². The fourth-order valence-corrected chi connectivity index (χ4v) is 6.02. The molecule has 0 spiro atoms. The van der Waals surface area contributed by atoms with Gasteiger partial charge in [-0.25, -0.2) is 0 Å². The van der Waals surface area contributed by atoms with Gasteiger partial charge in [-0.05, 0) is 62.4 Å². The number of nitrogens with one attached hydrogen (secondary N) is 1. The lowest BCUT2D eigenvalue weighted by atomic mass is 9.89. The van der Waals surface area contributed by atoms with Crippen LogP contribution in [0.3, 0.4) is 0 Å². The maximum absolute atomic E-state index is 13.3. The summed E-state index contributed by atoms with van der Waals surface area (Å²) in [6.45, 7) is 2.91. The molecule has 1 saturated heterocycles. The Bertz CT molecular complexity index is 929. The third-order valence-electron chi connectivity index (χ3n) is 6.50. The highest BCUT2D eigenvalue weighted by Gasteiger charge is 2.44. The van der Waals surface area contributed by atoms with E-state index in [9.17, 15) is 17.6 Å². The van der Waals surface area contributed by atoms with Gasteiger partial charge in [-0.15, -0.1) is 0 Å². The lowest BCUT2D eigenvalue weighted by Gasteiger charge is -2.24. The van der Waals surface area contributed by atoms with Gasteiger partial charge in [-0.3, -0.25) is 9.89 Å². The zero-order valence-electron chi connectivity index (χ0n) is 21.3. The van der Waals surface area contributed by atoms with Gasteiger partial charge in [0.2, 0.25) is 0 Å².